The fourth-order valence-corrected chi connectivity index (χ4v) is 5.09. The Morgan fingerprint density at radius 2 is 2.24 bits per heavy atom. The number of nitrogens with one attached hydrogen (secondary N) is 1. The molecule has 6 heteroatoms. The molecule has 2 aromatic heterocycles. The lowest BCUT2D eigenvalue weighted by molar-refractivity contribution is 0.476. The Hall–Kier alpha value is -2.31. The molecule has 1 aromatic carbocycles. The van der Waals surface area contributed by atoms with Crippen molar-refractivity contribution in [3.63, 3.8) is 0 Å². The molecule has 126 valence electrons. The smallest absolute Gasteiger partial charge is 0.142 e. The molecule has 0 spiro atoms. The van der Waals surface area contributed by atoms with Crippen molar-refractivity contribution in [2.24, 2.45) is 16.6 Å². The van der Waals surface area contributed by atoms with Gasteiger partial charge in [0, 0.05) is 16.8 Å². The van der Waals surface area contributed by atoms with E-state index in [1.807, 2.05) is 6.21 Å². The van der Waals surface area contributed by atoms with Gasteiger partial charge in [0.25, 0.3) is 0 Å². The number of aromatic nitrogens is 2. The van der Waals surface area contributed by atoms with E-state index < -0.39 is 0 Å². The topological polar surface area (TPSA) is 76.2 Å². The fourth-order valence-electron chi connectivity index (χ4n) is 3.79. The van der Waals surface area contributed by atoms with Crippen LogP contribution in [0.2, 0.25) is 0 Å². The monoisotopic (exact) mass is 349 g/mol. The third-order valence-electron chi connectivity index (χ3n) is 5.18. The first-order chi connectivity index (χ1) is 12.3. The number of fused-ring (bicyclic) bond motifs is 4. The molecular formula is C19H19N5S. The van der Waals surface area contributed by atoms with Gasteiger partial charge in [0.2, 0.25) is 0 Å². The van der Waals surface area contributed by atoms with Gasteiger partial charge in [0.05, 0.1) is 11.9 Å². The summed E-state index contributed by atoms with van der Waals surface area (Å²) < 4.78 is 0. The van der Waals surface area contributed by atoms with Crippen molar-refractivity contribution in [1.82, 2.24) is 9.97 Å². The van der Waals surface area contributed by atoms with E-state index in [0.29, 0.717) is 5.92 Å². The first kappa shape index (κ1) is 15.0. The van der Waals surface area contributed by atoms with Crippen LogP contribution in [0.25, 0.3) is 10.2 Å². The number of nitrogens with zero attached hydrogens (tertiary/aromatic N) is 3. The Morgan fingerprint density at radius 1 is 1.28 bits per heavy atom. The first-order valence-corrected chi connectivity index (χ1v) is 9.48. The maximum absolute atomic E-state index is 5.88. The molecule has 0 bridgehead atoms. The van der Waals surface area contributed by atoms with Crippen molar-refractivity contribution in [3.05, 3.63) is 46.1 Å². The van der Waals surface area contributed by atoms with E-state index in [9.17, 15) is 0 Å². The number of benzene rings is 1. The van der Waals surface area contributed by atoms with Crippen LogP contribution in [-0.4, -0.2) is 22.7 Å². The highest BCUT2D eigenvalue weighted by Crippen LogP contribution is 2.40. The highest BCUT2D eigenvalue weighted by atomic mass is 32.1. The van der Waals surface area contributed by atoms with E-state index in [1.54, 1.807) is 17.7 Å². The molecule has 3 heterocycles. The normalized spacial score (nSPS) is 18.4. The van der Waals surface area contributed by atoms with Crippen molar-refractivity contribution >= 4 is 39.3 Å². The Bertz CT molecular complexity index is 991. The molecule has 1 unspecified atom stereocenters. The minimum Gasteiger partial charge on any atom is -0.340 e. The molecule has 2 aliphatic rings. The molecule has 1 atom stereocenters. The number of hydrogen-bond donors (Lipinski definition) is 2. The molecule has 3 N–H and O–H groups in total. The Labute approximate surface area is 150 Å². The third kappa shape index (κ3) is 2.53. The number of hydrogen-bond acceptors (Lipinski definition) is 6. The van der Waals surface area contributed by atoms with Crippen LogP contribution >= 0.6 is 11.3 Å². The van der Waals surface area contributed by atoms with E-state index in [1.165, 1.54) is 27.0 Å². The van der Waals surface area contributed by atoms with Gasteiger partial charge in [-0.05, 0) is 60.5 Å². The van der Waals surface area contributed by atoms with Gasteiger partial charge in [0.1, 0.15) is 17.0 Å². The summed E-state index contributed by atoms with van der Waals surface area (Å²) in [4.78, 5) is 15.9. The number of thiophene rings is 1. The molecule has 5 nitrogen and oxygen atoms in total. The summed E-state index contributed by atoms with van der Waals surface area (Å²) in [7, 11) is 0. The summed E-state index contributed by atoms with van der Waals surface area (Å²) in [5.41, 5.74) is 10.8. The summed E-state index contributed by atoms with van der Waals surface area (Å²) in [5.74, 6) is 1.50. The van der Waals surface area contributed by atoms with E-state index in [2.05, 4.69) is 38.5 Å². The lowest BCUT2D eigenvalue weighted by Crippen LogP contribution is -2.21. The van der Waals surface area contributed by atoms with Crippen LogP contribution < -0.4 is 11.1 Å². The fraction of sp³-hybridized carbons (Fsp3) is 0.316. The minimum atomic E-state index is 0.598. The van der Waals surface area contributed by atoms with Crippen LogP contribution in [0.15, 0.2) is 29.5 Å². The standard InChI is InChI=1S/C19H19N5S/c20-7-11-1-4-15-16(5-11)25-19-17(15)18(22-10-23-19)24-14-3-2-12-8-21-9-13(12)6-14/h2-3,6,9-11H,1,4-5,7-8,20H2,(H,22,23,24). The average molecular weight is 349 g/mol. The van der Waals surface area contributed by atoms with E-state index in [0.717, 1.165) is 48.7 Å². The van der Waals surface area contributed by atoms with E-state index in [4.69, 9.17) is 5.73 Å². The zero-order valence-corrected chi connectivity index (χ0v) is 14.6. The van der Waals surface area contributed by atoms with Crippen LogP contribution in [-0.2, 0) is 19.4 Å². The zero-order valence-electron chi connectivity index (χ0n) is 13.8. The van der Waals surface area contributed by atoms with Crippen LogP contribution in [0.5, 0.6) is 0 Å². The Kier molecular flexibility index (Phi) is 3.53. The predicted molar refractivity (Wildman–Crippen MR) is 103 cm³/mol. The molecular weight excluding hydrogens is 330 g/mol. The van der Waals surface area contributed by atoms with Gasteiger partial charge in [-0.2, -0.15) is 0 Å². The minimum absolute atomic E-state index is 0.598. The Morgan fingerprint density at radius 3 is 3.16 bits per heavy atom. The highest BCUT2D eigenvalue weighted by molar-refractivity contribution is 7.19. The molecule has 0 amide bonds. The van der Waals surface area contributed by atoms with Crippen molar-refractivity contribution in [2.75, 3.05) is 11.9 Å². The largest absolute Gasteiger partial charge is 0.340 e. The maximum Gasteiger partial charge on any atom is 0.142 e. The molecule has 0 saturated heterocycles. The second-order valence-corrected chi connectivity index (χ2v) is 7.84. The summed E-state index contributed by atoms with van der Waals surface area (Å²) in [6.45, 7) is 1.55. The van der Waals surface area contributed by atoms with E-state index >= 15 is 0 Å². The van der Waals surface area contributed by atoms with Gasteiger partial charge in [-0.15, -0.1) is 11.3 Å². The molecule has 25 heavy (non-hydrogen) atoms. The Balaban J connectivity index is 1.55. The summed E-state index contributed by atoms with van der Waals surface area (Å²) in [6.07, 6.45) is 6.88. The molecule has 1 aliphatic heterocycles. The van der Waals surface area contributed by atoms with Gasteiger partial charge in [0.15, 0.2) is 0 Å². The molecule has 5 rings (SSSR count). The average Bonchev–Trinajstić information content (AvgIpc) is 3.25. The van der Waals surface area contributed by atoms with Crippen molar-refractivity contribution in [1.29, 1.82) is 0 Å². The molecule has 0 saturated carbocycles. The second-order valence-electron chi connectivity index (χ2n) is 6.76. The van der Waals surface area contributed by atoms with Gasteiger partial charge in [-0.25, -0.2) is 9.97 Å². The number of aliphatic imine (C=N–C) groups is 1. The molecule has 3 aromatic rings. The van der Waals surface area contributed by atoms with Crippen LogP contribution in [0.4, 0.5) is 11.5 Å². The van der Waals surface area contributed by atoms with Gasteiger partial charge in [-0.1, -0.05) is 6.07 Å². The summed E-state index contributed by atoms with van der Waals surface area (Å²) in [6, 6.07) is 6.38. The third-order valence-corrected chi connectivity index (χ3v) is 6.34. The number of rotatable bonds is 3. The summed E-state index contributed by atoms with van der Waals surface area (Å²) in [5, 5.41) is 4.69. The predicted octanol–water partition coefficient (Wildman–Crippen LogP) is 3.43. The lowest BCUT2D eigenvalue weighted by Gasteiger charge is -2.20. The SMILES string of the molecule is NCC1CCc2c(sc3ncnc(Nc4ccc5c(c4)C=NC5)c23)C1. The molecule has 1 aliphatic carbocycles. The second kappa shape index (κ2) is 5.89. The molecule has 0 fully saturated rings. The number of nitrogens with two attached hydrogens (primary N) is 1. The molecule has 0 radical (unpaired) electrons. The lowest BCUT2D eigenvalue weighted by atomic mass is 9.88. The van der Waals surface area contributed by atoms with Crippen LogP contribution in [0, 0.1) is 5.92 Å². The zero-order chi connectivity index (χ0) is 16.8. The maximum atomic E-state index is 5.88. The number of anilines is 2. The van der Waals surface area contributed by atoms with Gasteiger partial charge in [-0.3, -0.25) is 4.99 Å². The van der Waals surface area contributed by atoms with Crippen LogP contribution in [0.3, 0.4) is 0 Å². The summed E-state index contributed by atoms with van der Waals surface area (Å²) >= 11 is 1.80. The van der Waals surface area contributed by atoms with Crippen molar-refractivity contribution in [2.45, 2.75) is 25.8 Å². The first-order valence-electron chi connectivity index (χ1n) is 8.67. The quantitative estimate of drug-likeness (QED) is 0.759. The number of aryl methyl sites for hydroxylation is 1. The van der Waals surface area contributed by atoms with Gasteiger partial charge >= 0.3 is 0 Å². The van der Waals surface area contributed by atoms with Gasteiger partial charge < -0.3 is 11.1 Å². The van der Waals surface area contributed by atoms with Crippen LogP contribution in [0.1, 0.15) is 28.0 Å². The highest BCUT2D eigenvalue weighted by Gasteiger charge is 2.24. The van der Waals surface area contributed by atoms with Crippen molar-refractivity contribution < 1.29 is 0 Å². The van der Waals surface area contributed by atoms with E-state index in [-0.39, 0.29) is 0 Å². The van der Waals surface area contributed by atoms with Crippen molar-refractivity contribution in [3.8, 4) is 0 Å².